The molecule has 0 radical (unpaired) electrons. The number of nitro groups is 1. The van der Waals surface area contributed by atoms with Crippen molar-refractivity contribution in [2.24, 2.45) is 0 Å². The molecule has 0 bridgehead atoms. The van der Waals surface area contributed by atoms with E-state index in [4.69, 9.17) is 0 Å². The van der Waals surface area contributed by atoms with Crippen LogP contribution >= 0.6 is 0 Å². The minimum atomic E-state index is -0.399. The van der Waals surface area contributed by atoms with E-state index in [1.165, 1.54) is 12.1 Å². The van der Waals surface area contributed by atoms with Crippen LogP contribution in [0.4, 0.5) is 5.69 Å². The molecule has 21 heavy (non-hydrogen) atoms. The van der Waals surface area contributed by atoms with Crippen LogP contribution in [0, 0.1) is 10.1 Å². The SMILES string of the molecule is CC(C)NCCCc1ncc(-c2ccc([N+](=O)[O-])cc2)[nH]1. The molecule has 1 aromatic carbocycles. The zero-order valence-corrected chi connectivity index (χ0v) is 12.3. The summed E-state index contributed by atoms with van der Waals surface area (Å²) in [7, 11) is 0. The Morgan fingerprint density at radius 1 is 1.33 bits per heavy atom. The number of imidazole rings is 1. The van der Waals surface area contributed by atoms with E-state index in [1.807, 2.05) is 0 Å². The molecule has 0 fully saturated rings. The normalized spacial score (nSPS) is 11.0. The van der Waals surface area contributed by atoms with Gasteiger partial charge in [0.05, 0.1) is 16.8 Å². The monoisotopic (exact) mass is 288 g/mol. The van der Waals surface area contributed by atoms with E-state index in [0.29, 0.717) is 6.04 Å². The highest BCUT2D eigenvalue weighted by atomic mass is 16.6. The lowest BCUT2D eigenvalue weighted by Crippen LogP contribution is -2.24. The van der Waals surface area contributed by atoms with Gasteiger partial charge in [-0.2, -0.15) is 0 Å². The average Bonchev–Trinajstić information content (AvgIpc) is 2.92. The lowest BCUT2D eigenvalue weighted by atomic mass is 10.1. The zero-order valence-electron chi connectivity index (χ0n) is 12.3. The molecule has 2 aromatic rings. The number of nitro benzene ring substituents is 1. The fourth-order valence-corrected chi connectivity index (χ4v) is 2.05. The van der Waals surface area contributed by atoms with Gasteiger partial charge in [-0.15, -0.1) is 0 Å². The van der Waals surface area contributed by atoms with E-state index >= 15 is 0 Å². The highest BCUT2D eigenvalue weighted by Gasteiger charge is 2.07. The summed E-state index contributed by atoms with van der Waals surface area (Å²) < 4.78 is 0. The van der Waals surface area contributed by atoms with Gasteiger partial charge in [0.15, 0.2) is 0 Å². The Balaban J connectivity index is 1.94. The first-order valence-corrected chi connectivity index (χ1v) is 7.08. The minimum Gasteiger partial charge on any atom is -0.342 e. The standard InChI is InChI=1S/C15H20N4O2/c1-11(2)16-9-3-4-15-17-10-14(18-15)12-5-7-13(8-6-12)19(20)21/h5-8,10-11,16H,3-4,9H2,1-2H3,(H,17,18). The van der Waals surface area contributed by atoms with Crippen molar-refractivity contribution in [1.82, 2.24) is 15.3 Å². The summed E-state index contributed by atoms with van der Waals surface area (Å²) in [5.74, 6) is 0.939. The molecule has 112 valence electrons. The average molecular weight is 288 g/mol. The lowest BCUT2D eigenvalue weighted by Gasteiger charge is -2.06. The Labute approximate surface area is 123 Å². The second kappa shape index (κ2) is 6.99. The summed E-state index contributed by atoms with van der Waals surface area (Å²) >= 11 is 0. The fourth-order valence-electron chi connectivity index (χ4n) is 2.05. The van der Waals surface area contributed by atoms with Crippen molar-refractivity contribution in [3.05, 3.63) is 46.4 Å². The molecule has 0 aliphatic carbocycles. The lowest BCUT2D eigenvalue weighted by molar-refractivity contribution is -0.384. The Hall–Kier alpha value is -2.21. The van der Waals surface area contributed by atoms with Gasteiger partial charge in [0, 0.05) is 30.2 Å². The summed E-state index contributed by atoms with van der Waals surface area (Å²) in [6.07, 6.45) is 3.67. The van der Waals surface area contributed by atoms with Crippen LogP contribution in [0.15, 0.2) is 30.5 Å². The third-order valence-corrected chi connectivity index (χ3v) is 3.16. The number of hydrogen-bond donors (Lipinski definition) is 2. The number of hydrogen-bond acceptors (Lipinski definition) is 4. The summed E-state index contributed by atoms with van der Waals surface area (Å²) in [6.45, 7) is 5.21. The van der Waals surface area contributed by atoms with E-state index in [1.54, 1.807) is 18.3 Å². The van der Waals surface area contributed by atoms with Crippen LogP contribution in [-0.2, 0) is 6.42 Å². The van der Waals surface area contributed by atoms with Crippen molar-refractivity contribution in [1.29, 1.82) is 0 Å². The van der Waals surface area contributed by atoms with Crippen LogP contribution in [0.2, 0.25) is 0 Å². The molecule has 1 heterocycles. The van der Waals surface area contributed by atoms with E-state index in [2.05, 4.69) is 29.1 Å². The highest BCUT2D eigenvalue weighted by molar-refractivity contribution is 5.60. The third kappa shape index (κ3) is 4.39. The number of non-ortho nitro benzene ring substituents is 1. The molecule has 1 aromatic heterocycles. The van der Waals surface area contributed by atoms with Gasteiger partial charge in [-0.1, -0.05) is 13.8 Å². The number of H-pyrrole nitrogens is 1. The molecule has 6 heteroatoms. The number of nitrogens with zero attached hydrogens (tertiary/aromatic N) is 2. The van der Waals surface area contributed by atoms with Crippen molar-refractivity contribution in [2.45, 2.75) is 32.7 Å². The first kappa shape index (κ1) is 15.2. The first-order chi connectivity index (χ1) is 10.1. The molecular weight excluding hydrogens is 268 g/mol. The maximum atomic E-state index is 10.6. The van der Waals surface area contributed by atoms with Crippen molar-refractivity contribution in [3.8, 4) is 11.3 Å². The van der Waals surface area contributed by atoms with Crippen LogP contribution < -0.4 is 5.32 Å². The Bertz CT molecular complexity index is 590. The van der Waals surface area contributed by atoms with Crippen LogP contribution in [0.1, 0.15) is 26.1 Å². The number of rotatable bonds is 7. The van der Waals surface area contributed by atoms with Gasteiger partial charge >= 0.3 is 0 Å². The molecule has 0 aliphatic rings. The Kier molecular flexibility index (Phi) is 5.05. The van der Waals surface area contributed by atoms with E-state index in [0.717, 1.165) is 36.5 Å². The molecule has 0 saturated carbocycles. The van der Waals surface area contributed by atoms with E-state index in [9.17, 15) is 10.1 Å². The molecule has 2 rings (SSSR count). The quantitative estimate of drug-likeness (QED) is 0.466. The van der Waals surface area contributed by atoms with Crippen LogP contribution in [0.3, 0.4) is 0 Å². The molecule has 0 spiro atoms. The van der Waals surface area contributed by atoms with Crippen LogP contribution in [0.25, 0.3) is 11.3 Å². The predicted molar refractivity (Wildman–Crippen MR) is 82.1 cm³/mol. The van der Waals surface area contributed by atoms with Crippen molar-refractivity contribution in [3.63, 3.8) is 0 Å². The second-order valence-electron chi connectivity index (χ2n) is 5.26. The third-order valence-electron chi connectivity index (χ3n) is 3.16. The van der Waals surface area contributed by atoms with Gasteiger partial charge in [-0.25, -0.2) is 4.98 Å². The number of aromatic nitrogens is 2. The highest BCUT2D eigenvalue weighted by Crippen LogP contribution is 2.20. The van der Waals surface area contributed by atoms with Gasteiger partial charge in [0.25, 0.3) is 5.69 Å². The summed E-state index contributed by atoms with van der Waals surface area (Å²) in [5, 5.41) is 14.0. The molecule has 0 saturated heterocycles. The maximum Gasteiger partial charge on any atom is 0.269 e. The van der Waals surface area contributed by atoms with Crippen LogP contribution in [-0.4, -0.2) is 27.5 Å². The molecular formula is C15H20N4O2. The largest absolute Gasteiger partial charge is 0.342 e. The van der Waals surface area contributed by atoms with E-state index in [-0.39, 0.29) is 5.69 Å². The Morgan fingerprint density at radius 3 is 2.67 bits per heavy atom. The topological polar surface area (TPSA) is 83.8 Å². The van der Waals surface area contributed by atoms with Crippen molar-refractivity contribution in [2.75, 3.05) is 6.54 Å². The first-order valence-electron chi connectivity index (χ1n) is 7.08. The van der Waals surface area contributed by atoms with Gasteiger partial charge < -0.3 is 10.3 Å². The van der Waals surface area contributed by atoms with Gasteiger partial charge in [0.1, 0.15) is 5.82 Å². The van der Waals surface area contributed by atoms with Gasteiger partial charge in [-0.3, -0.25) is 10.1 Å². The van der Waals surface area contributed by atoms with Gasteiger partial charge in [-0.05, 0) is 25.1 Å². The maximum absolute atomic E-state index is 10.6. The molecule has 0 amide bonds. The van der Waals surface area contributed by atoms with E-state index < -0.39 is 4.92 Å². The minimum absolute atomic E-state index is 0.0956. The smallest absolute Gasteiger partial charge is 0.269 e. The fraction of sp³-hybridized carbons (Fsp3) is 0.400. The summed E-state index contributed by atoms with van der Waals surface area (Å²) in [6, 6.07) is 6.97. The predicted octanol–water partition coefficient (Wildman–Crippen LogP) is 2.92. The van der Waals surface area contributed by atoms with Crippen molar-refractivity contribution < 1.29 is 4.92 Å². The van der Waals surface area contributed by atoms with Crippen molar-refractivity contribution >= 4 is 5.69 Å². The summed E-state index contributed by atoms with van der Waals surface area (Å²) in [4.78, 5) is 17.8. The zero-order chi connectivity index (χ0) is 15.2. The molecule has 6 nitrogen and oxygen atoms in total. The molecule has 0 atom stereocenters. The number of aryl methyl sites for hydroxylation is 1. The number of aromatic amines is 1. The number of nitrogens with one attached hydrogen (secondary N) is 2. The Morgan fingerprint density at radius 2 is 2.05 bits per heavy atom. The second-order valence-corrected chi connectivity index (χ2v) is 5.26. The van der Waals surface area contributed by atoms with Crippen LogP contribution in [0.5, 0.6) is 0 Å². The molecule has 0 aliphatic heterocycles. The molecule has 2 N–H and O–H groups in total. The van der Waals surface area contributed by atoms with Gasteiger partial charge in [0.2, 0.25) is 0 Å². The summed E-state index contributed by atoms with van der Waals surface area (Å²) in [5.41, 5.74) is 1.88. The molecule has 0 unspecified atom stereocenters. The number of benzene rings is 1.